The lowest BCUT2D eigenvalue weighted by Gasteiger charge is -2.27. The lowest BCUT2D eigenvalue weighted by Crippen LogP contribution is -2.29. The summed E-state index contributed by atoms with van der Waals surface area (Å²) in [6, 6.07) is 12.2. The van der Waals surface area contributed by atoms with Crippen LogP contribution in [0, 0.1) is 11.3 Å². The zero-order valence-electron chi connectivity index (χ0n) is 16.6. The van der Waals surface area contributed by atoms with E-state index < -0.39 is 0 Å². The second-order valence-electron chi connectivity index (χ2n) is 7.83. The molecule has 1 fully saturated rings. The van der Waals surface area contributed by atoms with Crippen molar-refractivity contribution in [2.45, 2.75) is 48.4 Å². The van der Waals surface area contributed by atoms with Gasteiger partial charge in [-0.3, -0.25) is 4.79 Å². The molecule has 1 amide bonds. The minimum Gasteiger partial charge on any atom is -0.398 e. The van der Waals surface area contributed by atoms with Crippen molar-refractivity contribution in [3.8, 4) is 0 Å². The Labute approximate surface area is 175 Å². The monoisotopic (exact) mass is 409 g/mol. The first-order valence-electron chi connectivity index (χ1n) is 10.1. The van der Waals surface area contributed by atoms with Crippen molar-refractivity contribution in [2.24, 2.45) is 5.92 Å². The Morgan fingerprint density at radius 2 is 2.00 bits per heavy atom. The fraction of sp³-hybridized carbons (Fsp3) is 0.391. The van der Waals surface area contributed by atoms with Crippen molar-refractivity contribution < 1.29 is 9.53 Å². The van der Waals surface area contributed by atoms with Gasteiger partial charge >= 0.3 is 0 Å². The molecule has 5 nitrogen and oxygen atoms in total. The highest BCUT2D eigenvalue weighted by molar-refractivity contribution is 7.99. The van der Waals surface area contributed by atoms with Gasteiger partial charge in [0.2, 0.25) is 5.91 Å². The van der Waals surface area contributed by atoms with E-state index >= 15 is 0 Å². The molecule has 0 radical (unpaired) electrons. The number of carbonyl (C=O) groups excluding carboxylic acids is 1. The van der Waals surface area contributed by atoms with E-state index in [0.717, 1.165) is 43.4 Å². The molecule has 6 heteroatoms. The highest BCUT2D eigenvalue weighted by Crippen LogP contribution is 2.48. The smallest absolute Gasteiger partial charge is 0.227 e. The molecule has 1 saturated carbocycles. The minimum atomic E-state index is 0.0101. The number of methoxy groups -OCH3 is 1. The van der Waals surface area contributed by atoms with E-state index in [1.54, 1.807) is 24.9 Å². The number of nitrogen functional groups attached to an aromatic ring is 1. The van der Waals surface area contributed by atoms with Crippen molar-refractivity contribution in [3.63, 3.8) is 0 Å². The third-order valence-electron chi connectivity index (χ3n) is 6.04. The number of hydrogen-bond donors (Lipinski definition) is 3. The number of amides is 1. The largest absolute Gasteiger partial charge is 0.398 e. The third kappa shape index (κ3) is 4.19. The van der Waals surface area contributed by atoms with Gasteiger partial charge in [-0.05, 0) is 61.4 Å². The highest BCUT2D eigenvalue weighted by atomic mass is 32.2. The molecule has 1 aliphatic carbocycles. The molecular weight excluding hydrogens is 382 g/mol. The summed E-state index contributed by atoms with van der Waals surface area (Å²) in [7, 11) is 1.74. The van der Waals surface area contributed by atoms with Gasteiger partial charge in [0.1, 0.15) is 0 Å². The van der Waals surface area contributed by atoms with E-state index in [1.165, 1.54) is 16.7 Å². The number of fused-ring (bicyclic) bond motifs is 1. The Hall–Kier alpha value is -2.31. The summed E-state index contributed by atoms with van der Waals surface area (Å²) in [5, 5.41) is 11.0. The molecule has 0 saturated heterocycles. The highest BCUT2D eigenvalue weighted by Gasteiger charge is 2.28. The summed E-state index contributed by atoms with van der Waals surface area (Å²) in [6.45, 7) is 0. The maximum Gasteiger partial charge on any atom is 0.227 e. The van der Waals surface area contributed by atoms with Crippen LogP contribution in [-0.4, -0.2) is 25.3 Å². The maximum atomic E-state index is 12.8. The number of carbonyl (C=O) groups is 1. The molecule has 1 unspecified atom stereocenters. The second kappa shape index (κ2) is 8.59. The van der Waals surface area contributed by atoms with Crippen molar-refractivity contribution in [2.75, 3.05) is 18.2 Å². The Bertz CT molecular complexity index is 897. The average Bonchev–Trinajstić information content (AvgIpc) is 3.18. The molecule has 29 heavy (non-hydrogen) atoms. The van der Waals surface area contributed by atoms with Gasteiger partial charge in [-0.2, -0.15) is 0 Å². The van der Waals surface area contributed by atoms with Crippen LogP contribution in [0.2, 0.25) is 0 Å². The van der Waals surface area contributed by atoms with Crippen LogP contribution in [0.1, 0.15) is 47.6 Å². The zero-order chi connectivity index (χ0) is 20.4. The summed E-state index contributed by atoms with van der Waals surface area (Å²) in [5.74, 6) is 0.0597. The number of benzene rings is 2. The molecule has 4 N–H and O–H groups in total. The van der Waals surface area contributed by atoms with E-state index in [2.05, 4.69) is 29.6 Å². The first kappa shape index (κ1) is 20.0. The number of thioether (sulfide) groups is 1. The lowest BCUT2D eigenvalue weighted by molar-refractivity contribution is -0.121. The van der Waals surface area contributed by atoms with Gasteiger partial charge in [0.25, 0.3) is 0 Å². The molecule has 1 heterocycles. The van der Waals surface area contributed by atoms with E-state index in [9.17, 15) is 4.79 Å². The molecule has 2 aliphatic rings. The molecule has 2 aromatic carbocycles. The quantitative estimate of drug-likeness (QED) is 0.489. The third-order valence-corrected chi connectivity index (χ3v) is 7.40. The van der Waals surface area contributed by atoms with Gasteiger partial charge < -0.3 is 21.2 Å². The van der Waals surface area contributed by atoms with Gasteiger partial charge in [-0.25, -0.2) is 0 Å². The van der Waals surface area contributed by atoms with Crippen LogP contribution in [0.3, 0.4) is 0 Å². The standard InChI is InChI=1S/C23H27N3O2S/c1-28-18-8-6-14(7-9-18)23(27)26-17-10-16(13-24)22(25)19(12-17)21-11-15-4-2-3-5-20(15)29-21/h2-5,10,12-14,18,21,24H,6-9,11,25H2,1H3,(H,26,27). The Morgan fingerprint density at radius 3 is 2.69 bits per heavy atom. The number of anilines is 2. The van der Waals surface area contributed by atoms with Gasteiger partial charge in [0.15, 0.2) is 0 Å². The van der Waals surface area contributed by atoms with Crippen LogP contribution in [-0.2, 0) is 16.0 Å². The molecule has 1 aliphatic heterocycles. The topological polar surface area (TPSA) is 88.2 Å². The molecule has 4 rings (SSSR count). The van der Waals surface area contributed by atoms with E-state index in [-0.39, 0.29) is 23.2 Å². The first-order valence-corrected chi connectivity index (χ1v) is 11.0. The second-order valence-corrected chi connectivity index (χ2v) is 9.07. The number of rotatable bonds is 5. The zero-order valence-corrected chi connectivity index (χ0v) is 17.4. The van der Waals surface area contributed by atoms with Crippen molar-refractivity contribution >= 4 is 35.3 Å². The Balaban J connectivity index is 1.53. The van der Waals surface area contributed by atoms with Crippen molar-refractivity contribution in [1.29, 1.82) is 5.41 Å². The summed E-state index contributed by atoms with van der Waals surface area (Å²) in [6.07, 6.45) is 5.97. The molecule has 1 atom stereocenters. The van der Waals surface area contributed by atoms with Crippen LogP contribution in [0.4, 0.5) is 11.4 Å². The number of nitrogens with two attached hydrogens (primary N) is 1. The fourth-order valence-electron chi connectivity index (χ4n) is 4.32. The molecular formula is C23H27N3O2S. The lowest BCUT2D eigenvalue weighted by atomic mass is 9.86. The number of nitrogens with one attached hydrogen (secondary N) is 2. The molecule has 0 aromatic heterocycles. The molecule has 0 spiro atoms. The number of hydrogen-bond acceptors (Lipinski definition) is 5. The summed E-state index contributed by atoms with van der Waals surface area (Å²) < 4.78 is 5.41. The average molecular weight is 410 g/mol. The van der Waals surface area contributed by atoms with Crippen LogP contribution in [0.25, 0.3) is 0 Å². The van der Waals surface area contributed by atoms with Crippen molar-refractivity contribution in [1.82, 2.24) is 0 Å². The van der Waals surface area contributed by atoms with Gasteiger partial charge in [0, 0.05) is 46.3 Å². The normalized spacial score (nSPS) is 23.4. The fourth-order valence-corrected chi connectivity index (χ4v) is 5.67. The molecule has 0 bridgehead atoms. The van der Waals surface area contributed by atoms with Gasteiger partial charge in [-0.15, -0.1) is 11.8 Å². The summed E-state index contributed by atoms with van der Waals surface area (Å²) >= 11 is 1.80. The van der Waals surface area contributed by atoms with E-state index in [0.29, 0.717) is 11.3 Å². The van der Waals surface area contributed by atoms with Gasteiger partial charge in [0.05, 0.1) is 6.10 Å². The van der Waals surface area contributed by atoms with Crippen LogP contribution >= 0.6 is 11.8 Å². The van der Waals surface area contributed by atoms with Crippen LogP contribution in [0.5, 0.6) is 0 Å². The van der Waals surface area contributed by atoms with Gasteiger partial charge in [-0.1, -0.05) is 18.2 Å². The Morgan fingerprint density at radius 1 is 1.24 bits per heavy atom. The summed E-state index contributed by atoms with van der Waals surface area (Å²) in [4.78, 5) is 14.1. The maximum absolute atomic E-state index is 12.8. The first-order chi connectivity index (χ1) is 14.1. The molecule has 2 aromatic rings. The van der Waals surface area contributed by atoms with Crippen LogP contribution < -0.4 is 11.1 Å². The SMILES string of the molecule is COC1CCC(C(=O)Nc2cc(C=N)c(N)c(C3Cc4ccccc4S3)c2)CC1. The van der Waals surface area contributed by atoms with E-state index in [4.69, 9.17) is 15.9 Å². The van der Waals surface area contributed by atoms with Crippen LogP contribution in [0.15, 0.2) is 41.3 Å². The van der Waals surface area contributed by atoms with Crippen molar-refractivity contribution in [3.05, 3.63) is 53.1 Å². The Kier molecular flexibility index (Phi) is 5.92. The summed E-state index contributed by atoms with van der Waals surface area (Å²) in [5.41, 5.74) is 10.7. The predicted molar refractivity (Wildman–Crippen MR) is 119 cm³/mol. The van der Waals surface area contributed by atoms with E-state index in [1.807, 2.05) is 6.07 Å². The molecule has 152 valence electrons. The number of ether oxygens (including phenoxy) is 1. The minimum absolute atomic E-state index is 0.0101. The predicted octanol–water partition coefficient (Wildman–Crippen LogP) is 4.80.